The first-order chi connectivity index (χ1) is 10.9. The molecule has 128 valence electrons. The molecule has 1 saturated heterocycles. The number of ether oxygens (including phenoxy) is 2. The minimum atomic E-state index is -0.582. The predicted molar refractivity (Wildman–Crippen MR) is 86.5 cm³/mol. The summed E-state index contributed by atoms with van der Waals surface area (Å²) in [5.41, 5.74) is 0.992. The quantitative estimate of drug-likeness (QED) is 0.838. The second-order valence-corrected chi connectivity index (χ2v) is 6.54. The average molecular weight is 323 g/mol. The molecule has 0 aromatic heterocycles. The Morgan fingerprint density at radius 2 is 1.87 bits per heavy atom. The Balaban J connectivity index is 1.84. The van der Waals surface area contributed by atoms with Gasteiger partial charge in [0, 0.05) is 19.4 Å². The molecule has 1 N–H and O–H groups in total. The van der Waals surface area contributed by atoms with E-state index in [9.17, 15) is 9.18 Å². The smallest absolute Gasteiger partial charge is 0.220 e. The zero-order chi connectivity index (χ0) is 16.9. The van der Waals surface area contributed by atoms with Crippen LogP contribution in [0.1, 0.15) is 45.1 Å². The maximum Gasteiger partial charge on any atom is 0.220 e. The van der Waals surface area contributed by atoms with Crippen molar-refractivity contribution in [1.82, 2.24) is 5.32 Å². The summed E-state index contributed by atoms with van der Waals surface area (Å²) in [4.78, 5) is 12.2. The molecule has 2 rings (SSSR count). The van der Waals surface area contributed by atoms with Crippen LogP contribution in [0.4, 0.5) is 4.39 Å². The fourth-order valence-electron chi connectivity index (χ4n) is 2.85. The van der Waals surface area contributed by atoms with Gasteiger partial charge in [-0.25, -0.2) is 4.39 Å². The lowest BCUT2D eigenvalue weighted by molar-refractivity contribution is -0.146. The summed E-state index contributed by atoms with van der Waals surface area (Å²) >= 11 is 0. The van der Waals surface area contributed by atoms with E-state index in [2.05, 4.69) is 19.2 Å². The highest BCUT2D eigenvalue weighted by Crippen LogP contribution is 2.28. The molecule has 1 fully saturated rings. The number of hydrogen-bond acceptors (Lipinski definition) is 3. The lowest BCUT2D eigenvalue weighted by Gasteiger charge is -2.23. The van der Waals surface area contributed by atoms with Gasteiger partial charge < -0.3 is 14.8 Å². The van der Waals surface area contributed by atoms with E-state index >= 15 is 0 Å². The van der Waals surface area contributed by atoms with Crippen LogP contribution in [-0.2, 0) is 14.3 Å². The second kappa shape index (κ2) is 7.88. The molecule has 23 heavy (non-hydrogen) atoms. The summed E-state index contributed by atoms with van der Waals surface area (Å²) < 4.78 is 24.1. The molecular weight excluding hydrogens is 297 g/mol. The third kappa shape index (κ3) is 5.29. The lowest BCUT2D eigenvalue weighted by atomic mass is 9.85. The maximum atomic E-state index is 13.1. The molecule has 1 amide bonds. The summed E-state index contributed by atoms with van der Waals surface area (Å²) in [6.07, 6.45) is 1.02. The third-order valence-corrected chi connectivity index (χ3v) is 4.31. The van der Waals surface area contributed by atoms with Crippen LogP contribution in [-0.4, -0.2) is 31.5 Å². The van der Waals surface area contributed by atoms with Crippen LogP contribution in [0.5, 0.6) is 0 Å². The molecule has 1 aromatic rings. The summed E-state index contributed by atoms with van der Waals surface area (Å²) in [5, 5.41) is 2.93. The molecule has 0 aliphatic carbocycles. The van der Waals surface area contributed by atoms with Gasteiger partial charge in [0.25, 0.3) is 0 Å². The largest absolute Gasteiger partial charge is 0.356 e. The normalized spacial score (nSPS) is 18.1. The first-order valence-corrected chi connectivity index (χ1v) is 8.20. The Hall–Kier alpha value is -1.46. The molecule has 0 radical (unpaired) electrons. The van der Waals surface area contributed by atoms with Gasteiger partial charge in [-0.05, 0) is 36.5 Å². The molecule has 1 unspecified atom stereocenters. The lowest BCUT2D eigenvalue weighted by Crippen LogP contribution is -2.34. The number of halogens is 1. The van der Waals surface area contributed by atoms with E-state index in [1.807, 2.05) is 6.92 Å². The summed E-state index contributed by atoms with van der Waals surface area (Å²) in [5.74, 6) is -0.475. The molecule has 1 aliphatic heterocycles. The van der Waals surface area contributed by atoms with Gasteiger partial charge in [-0.1, -0.05) is 26.0 Å². The predicted octanol–water partition coefficient (Wildman–Crippen LogP) is 3.22. The summed E-state index contributed by atoms with van der Waals surface area (Å²) in [7, 11) is 0. The van der Waals surface area contributed by atoms with Crippen molar-refractivity contribution in [2.24, 2.45) is 5.92 Å². The number of carbonyl (C=O) groups is 1. The van der Waals surface area contributed by atoms with Crippen LogP contribution >= 0.6 is 0 Å². The van der Waals surface area contributed by atoms with E-state index in [4.69, 9.17) is 9.47 Å². The van der Waals surface area contributed by atoms with Crippen molar-refractivity contribution in [3.05, 3.63) is 35.6 Å². The van der Waals surface area contributed by atoms with E-state index in [-0.39, 0.29) is 17.6 Å². The number of rotatable bonds is 7. The molecule has 1 heterocycles. The van der Waals surface area contributed by atoms with Crippen molar-refractivity contribution in [1.29, 1.82) is 0 Å². The summed E-state index contributed by atoms with van der Waals surface area (Å²) in [6.45, 7) is 7.76. The van der Waals surface area contributed by atoms with Gasteiger partial charge in [0.05, 0.1) is 13.2 Å². The van der Waals surface area contributed by atoms with Crippen molar-refractivity contribution in [2.45, 2.75) is 45.3 Å². The fraction of sp³-hybridized carbons (Fsp3) is 0.611. The van der Waals surface area contributed by atoms with E-state index < -0.39 is 5.79 Å². The highest BCUT2D eigenvalue weighted by Gasteiger charge is 2.30. The van der Waals surface area contributed by atoms with Crippen LogP contribution in [0, 0.1) is 11.7 Å². The minimum Gasteiger partial charge on any atom is -0.356 e. The number of amides is 1. The Bertz CT molecular complexity index is 510. The average Bonchev–Trinajstić information content (AvgIpc) is 2.92. The molecule has 1 atom stereocenters. The Kier molecular flexibility index (Phi) is 6.13. The van der Waals surface area contributed by atoms with Gasteiger partial charge in [0.1, 0.15) is 5.82 Å². The van der Waals surface area contributed by atoms with Crippen molar-refractivity contribution < 1.29 is 18.7 Å². The molecule has 1 aromatic carbocycles. The molecule has 1 aliphatic rings. The van der Waals surface area contributed by atoms with E-state index in [0.29, 0.717) is 38.5 Å². The van der Waals surface area contributed by atoms with Crippen LogP contribution in [0.25, 0.3) is 0 Å². The van der Waals surface area contributed by atoms with Gasteiger partial charge in [0.15, 0.2) is 5.79 Å². The monoisotopic (exact) mass is 323 g/mol. The standard InChI is InChI=1S/C18H26FNO3/c1-13(2)16(14-4-6-15(19)7-5-14)12-17(21)20-9-8-18(3)22-10-11-23-18/h4-7,13,16H,8-12H2,1-3H3,(H,20,21). The molecule has 4 nitrogen and oxygen atoms in total. The minimum absolute atomic E-state index is 0.00498. The van der Waals surface area contributed by atoms with Crippen LogP contribution in [0.3, 0.4) is 0 Å². The fourth-order valence-corrected chi connectivity index (χ4v) is 2.85. The van der Waals surface area contributed by atoms with Crippen molar-refractivity contribution in [2.75, 3.05) is 19.8 Å². The molecule has 0 bridgehead atoms. The number of hydrogen-bond donors (Lipinski definition) is 1. The SMILES string of the molecule is CC(C)C(CC(=O)NCCC1(C)OCCO1)c1ccc(F)cc1. The summed E-state index contributed by atoms with van der Waals surface area (Å²) in [6, 6.07) is 6.40. The van der Waals surface area contributed by atoms with Gasteiger partial charge in [-0.15, -0.1) is 0 Å². The van der Waals surface area contributed by atoms with Crippen molar-refractivity contribution in [3.8, 4) is 0 Å². The van der Waals surface area contributed by atoms with Crippen LogP contribution < -0.4 is 5.32 Å². The van der Waals surface area contributed by atoms with E-state index in [0.717, 1.165) is 5.56 Å². The van der Waals surface area contributed by atoms with E-state index in [1.54, 1.807) is 12.1 Å². The highest BCUT2D eigenvalue weighted by atomic mass is 19.1. The number of carbonyl (C=O) groups excluding carboxylic acids is 1. The van der Waals surface area contributed by atoms with Gasteiger partial charge >= 0.3 is 0 Å². The molecule has 0 spiro atoms. The topological polar surface area (TPSA) is 47.6 Å². The molecule has 5 heteroatoms. The molecular formula is C18H26FNO3. The third-order valence-electron chi connectivity index (χ3n) is 4.31. The number of benzene rings is 1. The Labute approximate surface area is 137 Å². The van der Waals surface area contributed by atoms with Gasteiger partial charge in [-0.2, -0.15) is 0 Å². The first-order valence-electron chi connectivity index (χ1n) is 8.20. The van der Waals surface area contributed by atoms with Crippen molar-refractivity contribution >= 4 is 5.91 Å². The van der Waals surface area contributed by atoms with Gasteiger partial charge in [0.2, 0.25) is 5.91 Å². The van der Waals surface area contributed by atoms with Crippen molar-refractivity contribution in [3.63, 3.8) is 0 Å². The zero-order valence-corrected chi connectivity index (χ0v) is 14.1. The number of nitrogens with one attached hydrogen (secondary N) is 1. The Morgan fingerprint density at radius 1 is 1.26 bits per heavy atom. The highest BCUT2D eigenvalue weighted by molar-refractivity contribution is 5.76. The van der Waals surface area contributed by atoms with Crippen LogP contribution in [0.15, 0.2) is 24.3 Å². The zero-order valence-electron chi connectivity index (χ0n) is 14.1. The van der Waals surface area contributed by atoms with Gasteiger partial charge in [-0.3, -0.25) is 4.79 Å². The first kappa shape index (κ1) is 17.9. The van der Waals surface area contributed by atoms with Crippen LogP contribution in [0.2, 0.25) is 0 Å². The molecule has 0 saturated carbocycles. The Morgan fingerprint density at radius 3 is 2.43 bits per heavy atom. The van der Waals surface area contributed by atoms with E-state index in [1.165, 1.54) is 12.1 Å². The maximum absolute atomic E-state index is 13.1. The second-order valence-electron chi connectivity index (χ2n) is 6.54.